The van der Waals surface area contributed by atoms with Crippen molar-refractivity contribution < 1.29 is 4.79 Å². The summed E-state index contributed by atoms with van der Waals surface area (Å²) >= 11 is 0. The maximum Gasteiger partial charge on any atom is 0.241 e. The zero-order valence-corrected chi connectivity index (χ0v) is 13.9. The molecular formula is C18H30N2O. The number of nitrogens with two attached hydrogens (primary N) is 1. The van der Waals surface area contributed by atoms with Crippen LogP contribution in [-0.4, -0.2) is 12.5 Å². The van der Waals surface area contributed by atoms with Gasteiger partial charge in [-0.25, -0.2) is 0 Å². The van der Waals surface area contributed by atoms with Gasteiger partial charge in [0.2, 0.25) is 5.91 Å². The van der Waals surface area contributed by atoms with E-state index in [-0.39, 0.29) is 11.3 Å². The van der Waals surface area contributed by atoms with Crippen molar-refractivity contribution in [3.05, 3.63) is 35.4 Å². The second-order valence-corrected chi connectivity index (χ2v) is 6.73. The minimum absolute atomic E-state index is 0.0950. The van der Waals surface area contributed by atoms with Gasteiger partial charge >= 0.3 is 0 Å². The van der Waals surface area contributed by atoms with Crippen LogP contribution in [0.25, 0.3) is 0 Å². The second kappa shape index (κ2) is 8.18. The van der Waals surface area contributed by atoms with E-state index < -0.39 is 6.04 Å². The maximum atomic E-state index is 12.2. The molecule has 0 aromatic heterocycles. The minimum Gasteiger partial charge on any atom is -0.354 e. The lowest BCUT2D eigenvalue weighted by atomic mass is 9.86. The molecule has 1 aromatic carbocycles. The van der Waals surface area contributed by atoms with E-state index >= 15 is 0 Å². The molecule has 1 aromatic rings. The van der Waals surface area contributed by atoms with E-state index in [0.717, 1.165) is 12.0 Å². The van der Waals surface area contributed by atoms with Crippen LogP contribution in [0.1, 0.15) is 63.6 Å². The van der Waals surface area contributed by atoms with E-state index in [0.29, 0.717) is 6.54 Å². The first kappa shape index (κ1) is 17.7. The zero-order valence-electron chi connectivity index (χ0n) is 13.9. The third-order valence-corrected chi connectivity index (χ3v) is 3.92. The molecule has 1 unspecified atom stereocenters. The second-order valence-electron chi connectivity index (χ2n) is 6.73. The van der Waals surface area contributed by atoms with E-state index in [1.165, 1.54) is 24.8 Å². The largest absolute Gasteiger partial charge is 0.354 e. The molecule has 0 radical (unpaired) electrons. The maximum absolute atomic E-state index is 12.2. The summed E-state index contributed by atoms with van der Waals surface area (Å²) in [4.78, 5) is 12.2. The molecule has 0 spiro atoms. The van der Waals surface area contributed by atoms with E-state index in [1.807, 2.05) is 31.2 Å². The Morgan fingerprint density at radius 1 is 1.24 bits per heavy atom. The Bertz CT molecular complexity index is 437. The smallest absolute Gasteiger partial charge is 0.241 e. The van der Waals surface area contributed by atoms with Gasteiger partial charge in [0.1, 0.15) is 6.04 Å². The highest BCUT2D eigenvalue weighted by atomic mass is 16.2. The predicted molar refractivity (Wildman–Crippen MR) is 89.0 cm³/mol. The summed E-state index contributed by atoms with van der Waals surface area (Å²) in [6.45, 7) is 9.29. The number of hydrogen-bond acceptors (Lipinski definition) is 2. The average Bonchev–Trinajstić information content (AvgIpc) is 2.45. The highest BCUT2D eigenvalue weighted by Crippen LogP contribution is 2.23. The molecule has 3 nitrogen and oxygen atoms in total. The number of benzene rings is 1. The monoisotopic (exact) mass is 290 g/mol. The molecule has 21 heavy (non-hydrogen) atoms. The quantitative estimate of drug-likeness (QED) is 0.717. The summed E-state index contributed by atoms with van der Waals surface area (Å²) in [6.07, 6.45) is 4.81. The lowest BCUT2D eigenvalue weighted by Gasteiger charge is -2.26. The molecule has 3 N–H and O–H groups in total. The van der Waals surface area contributed by atoms with Crippen LogP contribution in [-0.2, 0) is 4.79 Å². The molecule has 3 heteroatoms. The van der Waals surface area contributed by atoms with Gasteiger partial charge in [-0.05, 0) is 24.3 Å². The first-order chi connectivity index (χ1) is 9.85. The number of hydrogen-bond donors (Lipinski definition) is 2. The molecule has 1 atom stereocenters. The van der Waals surface area contributed by atoms with Gasteiger partial charge in [-0.2, -0.15) is 0 Å². The fourth-order valence-corrected chi connectivity index (χ4v) is 2.30. The Labute approximate surface area is 129 Å². The van der Waals surface area contributed by atoms with Gasteiger partial charge in [0, 0.05) is 6.54 Å². The number of nitrogens with one attached hydrogen (secondary N) is 1. The Kier molecular flexibility index (Phi) is 6.90. The number of rotatable bonds is 8. The third kappa shape index (κ3) is 6.30. The molecule has 0 aliphatic carbocycles. The molecule has 0 aliphatic rings. The molecule has 118 valence electrons. The molecule has 0 saturated heterocycles. The summed E-state index contributed by atoms with van der Waals surface area (Å²) in [6, 6.07) is 7.23. The number of carbonyl (C=O) groups is 1. The Balaban J connectivity index is 2.47. The van der Waals surface area contributed by atoms with Crippen molar-refractivity contribution >= 4 is 5.91 Å². The van der Waals surface area contributed by atoms with Crippen molar-refractivity contribution in [2.45, 2.75) is 59.4 Å². The summed E-state index contributed by atoms with van der Waals surface area (Å²) in [5.41, 5.74) is 8.18. The summed E-state index contributed by atoms with van der Waals surface area (Å²) in [7, 11) is 0. The minimum atomic E-state index is -0.586. The van der Waals surface area contributed by atoms with Gasteiger partial charge in [-0.3, -0.25) is 4.79 Å². The first-order valence-corrected chi connectivity index (χ1v) is 7.95. The van der Waals surface area contributed by atoms with E-state index in [1.54, 1.807) is 0 Å². The van der Waals surface area contributed by atoms with Crippen LogP contribution in [0.15, 0.2) is 24.3 Å². The SMILES string of the molecule is CCCCCC(C)(C)CNC(=O)C(N)c1ccc(C)cc1. The van der Waals surface area contributed by atoms with Crippen molar-refractivity contribution in [3.8, 4) is 0 Å². The number of aryl methyl sites for hydroxylation is 1. The average molecular weight is 290 g/mol. The first-order valence-electron chi connectivity index (χ1n) is 7.95. The normalized spacial score (nSPS) is 13.0. The lowest BCUT2D eigenvalue weighted by molar-refractivity contribution is -0.122. The molecule has 0 bridgehead atoms. The van der Waals surface area contributed by atoms with E-state index in [2.05, 4.69) is 26.1 Å². The van der Waals surface area contributed by atoms with E-state index in [9.17, 15) is 4.79 Å². The van der Waals surface area contributed by atoms with Gasteiger partial charge in [0.25, 0.3) is 0 Å². The molecule has 0 aliphatic heterocycles. The number of unbranched alkanes of at least 4 members (excludes halogenated alkanes) is 2. The standard InChI is InChI=1S/C18H30N2O/c1-5-6-7-12-18(3,4)13-20-17(21)16(19)15-10-8-14(2)9-11-15/h8-11,16H,5-7,12-13,19H2,1-4H3,(H,20,21). The summed E-state index contributed by atoms with van der Waals surface area (Å²) in [5.74, 6) is -0.0950. The highest BCUT2D eigenvalue weighted by molar-refractivity contribution is 5.82. The number of carbonyl (C=O) groups excluding carboxylic acids is 1. The Morgan fingerprint density at radius 3 is 2.43 bits per heavy atom. The Hall–Kier alpha value is -1.35. The van der Waals surface area contributed by atoms with Gasteiger partial charge in [-0.1, -0.05) is 69.9 Å². The van der Waals surface area contributed by atoms with Crippen LogP contribution in [0.4, 0.5) is 0 Å². The molecular weight excluding hydrogens is 260 g/mol. The van der Waals surface area contributed by atoms with Crippen molar-refractivity contribution in [1.29, 1.82) is 0 Å². The van der Waals surface area contributed by atoms with Crippen molar-refractivity contribution in [2.75, 3.05) is 6.54 Å². The molecule has 0 fully saturated rings. The van der Waals surface area contributed by atoms with Crippen LogP contribution in [0, 0.1) is 12.3 Å². The lowest BCUT2D eigenvalue weighted by Crippen LogP contribution is -2.39. The molecule has 1 rings (SSSR count). The zero-order chi connectivity index (χ0) is 15.9. The van der Waals surface area contributed by atoms with Crippen LogP contribution < -0.4 is 11.1 Å². The van der Waals surface area contributed by atoms with Crippen molar-refractivity contribution in [1.82, 2.24) is 5.32 Å². The predicted octanol–water partition coefficient (Wildman–Crippen LogP) is 3.72. The Morgan fingerprint density at radius 2 is 1.86 bits per heavy atom. The van der Waals surface area contributed by atoms with Crippen LogP contribution >= 0.6 is 0 Å². The van der Waals surface area contributed by atoms with Gasteiger partial charge in [0.05, 0.1) is 0 Å². The van der Waals surface area contributed by atoms with E-state index in [4.69, 9.17) is 5.73 Å². The molecule has 0 saturated carbocycles. The highest BCUT2D eigenvalue weighted by Gasteiger charge is 2.21. The van der Waals surface area contributed by atoms with Gasteiger partial charge in [0.15, 0.2) is 0 Å². The van der Waals surface area contributed by atoms with Crippen molar-refractivity contribution in [2.24, 2.45) is 11.1 Å². The van der Waals surface area contributed by atoms with Gasteiger partial charge in [-0.15, -0.1) is 0 Å². The van der Waals surface area contributed by atoms with Crippen LogP contribution in [0.3, 0.4) is 0 Å². The fourth-order valence-electron chi connectivity index (χ4n) is 2.30. The molecule has 0 heterocycles. The topological polar surface area (TPSA) is 55.1 Å². The van der Waals surface area contributed by atoms with Gasteiger partial charge < -0.3 is 11.1 Å². The molecule has 1 amide bonds. The van der Waals surface area contributed by atoms with Crippen LogP contribution in [0.5, 0.6) is 0 Å². The summed E-state index contributed by atoms with van der Waals surface area (Å²) in [5, 5.41) is 3.00. The van der Waals surface area contributed by atoms with Crippen LogP contribution in [0.2, 0.25) is 0 Å². The third-order valence-electron chi connectivity index (χ3n) is 3.92. The number of amides is 1. The fraction of sp³-hybridized carbons (Fsp3) is 0.611. The van der Waals surface area contributed by atoms with Crippen molar-refractivity contribution in [3.63, 3.8) is 0 Å². The summed E-state index contributed by atoms with van der Waals surface area (Å²) < 4.78 is 0.